The highest BCUT2D eigenvalue weighted by atomic mass is 16.1. The standard InChI is InChI=1S/C23H24N2O/c1-16-6-5-15-24-21(16)17-7-9-18(10-8-17)22(26)25-20-13-11-19(12-14-20)23(2,3)4/h5-15H,1-4H3,(H,25,26). The van der Waals surface area contributed by atoms with Crippen LogP contribution < -0.4 is 5.32 Å². The smallest absolute Gasteiger partial charge is 0.255 e. The number of hydrogen-bond donors (Lipinski definition) is 1. The van der Waals surface area contributed by atoms with E-state index in [0.29, 0.717) is 5.56 Å². The van der Waals surface area contributed by atoms with Crippen LogP contribution >= 0.6 is 0 Å². The first-order valence-corrected chi connectivity index (χ1v) is 8.78. The summed E-state index contributed by atoms with van der Waals surface area (Å²) in [6, 6.07) is 19.5. The topological polar surface area (TPSA) is 42.0 Å². The first kappa shape index (κ1) is 17.9. The Kier molecular flexibility index (Phi) is 4.90. The lowest BCUT2D eigenvalue weighted by atomic mass is 9.87. The highest BCUT2D eigenvalue weighted by molar-refractivity contribution is 6.04. The molecule has 3 aromatic rings. The quantitative estimate of drug-likeness (QED) is 0.671. The second-order valence-corrected chi connectivity index (χ2v) is 7.53. The Morgan fingerprint density at radius 3 is 2.15 bits per heavy atom. The van der Waals surface area contributed by atoms with Gasteiger partial charge in [-0.15, -0.1) is 0 Å². The largest absolute Gasteiger partial charge is 0.322 e. The Labute approximate surface area is 155 Å². The van der Waals surface area contributed by atoms with Crippen LogP contribution in [0.3, 0.4) is 0 Å². The minimum atomic E-state index is -0.113. The number of carbonyl (C=O) groups is 1. The molecular weight excluding hydrogens is 320 g/mol. The molecule has 0 bridgehead atoms. The van der Waals surface area contributed by atoms with Crippen LogP contribution in [0.1, 0.15) is 42.3 Å². The van der Waals surface area contributed by atoms with Crippen molar-refractivity contribution < 1.29 is 4.79 Å². The molecule has 0 fully saturated rings. The van der Waals surface area contributed by atoms with Crippen LogP contribution in [0.2, 0.25) is 0 Å². The van der Waals surface area contributed by atoms with Gasteiger partial charge in [-0.05, 0) is 53.8 Å². The molecule has 0 aliphatic rings. The number of rotatable bonds is 3. The van der Waals surface area contributed by atoms with E-state index in [1.807, 2.05) is 55.5 Å². The number of pyridine rings is 1. The van der Waals surface area contributed by atoms with E-state index in [1.54, 1.807) is 6.20 Å². The van der Waals surface area contributed by atoms with Gasteiger partial charge in [0.05, 0.1) is 5.69 Å². The third-order valence-electron chi connectivity index (χ3n) is 4.44. The Morgan fingerprint density at radius 1 is 0.923 bits per heavy atom. The molecule has 0 saturated carbocycles. The van der Waals surface area contributed by atoms with Crippen molar-refractivity contribution in [1.29, 1.82) is 0 Å². The normalized spacial score (nSPS) is 11.2. The lowest BCUT2D eigenvalue weighted by Gasteiger charge is -2.19. The monoisotopic (exact) mass is 344 g/mol. The van der Waals surface area contributed by atoms with Crippen LogP contribution in [0.15, 0.2) is 66.9 Å². The molecule has 0 aliphatic heterocycles. The zero-order valence-electron chi connectivity index (χ0n) is 15.7. The van der Waals surface area contributed by atoms with Gasteiger partial charge in [0.25, 0.3) is 5.91 Å². The van der Waals surface area contributed by atoms with Crippen LogP contribution in [0.5, 0.6) is 0 Å². The minimum absolute atomic E-state index is 0.0992. The highest BCUT2D eigenvalue weighted by Gasteiger charge is 2.13. The molecule has 3 heteroatoms. The van der Waals surface area contributed by atoms with E-state index >= 15 is 0 Å². The SMILES string of the molecule is Cc1cccnc1-c1ccc(C(=O)Nc2ccc(C(C)(C)C)cc2)cc1. The summed E-state index contributed by atoms with van der Waals surface area (Å²) in [6.07, 6.45) is 1.78. The maximum Gasteiger partial charge on any atom is 0.255 e. The van der Waals surface area contributed by atoms with Gasteiger partial charge in [-0.2, -0.15) is 0 Å². The Balaban J connectivity index is 1.73. The van der Waals surface area contributed by atoms with Crippen LogP contribution in [0, 0.1) is 6.92 Å². The maximum absolute atomic E-state index is 12.5. The van der Waals surface area contributed by atoms with Crippen molar-refractivity contribution in [2.45, 2.75) is 33.1 Å². The zero-order valence-corrected chi connectivity index (χ0v) is 15.7. The molecule has 1 heterocycles. The molecular formula is C23H24N2O. The van der Waals surface area contributed by atoms with Crippen molar-refractivity contribution in [3.8, 4) is 11.3 Å². The van der Waals surface area contributed by atoms with E-state index in [1.165, 1.54) is 5.56 Å². The Morgan fingerprint density at radius 2 is 1.58 bits per heavy atom. The fraction of sp³-hybridized carbons (Fsp3) is 0.217. The van der Waals surface area contributed by atoms with Crippen molar-refractivity contribution in [3.63, 3.8) is 0 Å². The lowest BCUT2D eigenvalue weighted by molar-refractivity contribution is 0.102. The highest BCUT2D eigenvalue weighted by Crippen LogP contribution is 2.24. The van der Waals surface area contributed by atoms with Crippen LogP contribution in [0.25, 0.3) is 11.3 Å². The second kappa shape index (κ2) is 7.12. The Hall–Kier alpha value is -2.94. The van der Waals surface area contributed by atoms with E-state index in [0.717, 1.165) is 22.5 Å². The van der Waals surface area contributed by atoms with Gasteiger partial charge in [0.1, 0.15) is 0 Å². The van der Waals surface area contributed by atoms with Crippen LogP contribution in [-0.2, 0) is 5.41 Å². The number of amides is 1. The molecule has 1 aromatic heterocycles. The zero-order chi connectivity index (χ0) is 18.7. The van der Waals surface area contributed by atoms with Crippen LogP contribution in [-0.4, -0.2) is 10.9 Å². The molecule has 26 heavy (non-hydrogen) atoms. The van der Waals surface area contributed by atoms with E-state index in [2.05, 4.69) is 43.2 Å². The van der Waals surface area contributed by atoms with Gasteiger partial charge in [-0.1, -0.05) is 51.1 Å². The average molecular weight is 344 g/mol. The van der Waals surface area contributed by atoms with E-state index in [9.17, 15) is 4.79 Å². The van der Waals surface area contributed by atoms with E-state index in [-0.39, 0.29) is 11.3 Å². The van der Waals surface area contributed by atoms with Crippen molar-refractivity contribution in [3.05, 3.63) is 83.6 Å². The summed E-state index contributed by atoms with van der Waals surface area (Å²) >= 11 is 0. The molecule has 3 nitrogen and oxygen atoms in total. The minimum Gasteiger partial charge on any atom is -0.322 e. The van der Waals surface area contributed by atoms with E-state index < -0.39 is 0 Å². The predicted octanol–water partition coefficient (Wildman–Crippen LogP) is 5.61. The molecule has 2 aromatic carbocycles. The molecule has 0 atom stereocenters. The van der Waals surface area contributed by atoms with Crippen molar-refractivity contribution >= 4 is 11.6 Å². The first-order chi connectivity index (χ1) is 12.3. The summed E-state index contributed by atoms with van der Waals surface area (Å²) in [7, 11) is 0. The van der Waals surface area contributed by atoms with Gasteiger partial charge in [0.15, 0.2) is 0 Å². The van der Waals surface area contributed by atoms with Gasteiger partial charge in [-0.3, -0.25) is 9.78 Å². The average Bonchev–Trinajstić information content (AvgIpc) is 2.62. The second-order valence-electron chi connectivity index (χ2n) is 7.53. The van der Waals surface area contributed by atoms with E-state index in [4.69, 9.17) is 0 Å². The summed E-state index contributed by atoms with van der Waals surface area (Å²) < 4.78 is 0. The number of benzene rings is 2. The summed E-state index contributed by atoms with van der Waals surface area (Å²) in [5.41, 5.74) is 5.83. The third-order valence-corrected chi connectivity index (χ3v) is 4.44. The molecule has 0 saturated heterocycles. The predicted molar refractivity (Wildman–Crippen MR) is 108 cm³/mol. The van der Waals surface area contributed by atoms with Gasteiger partial charge in [0.2, 0.25) is 0 Å². The van der Waals surface area contributed by atoms with Crippen molar-refractivity contribution in [2.75, 3.05) is 5.32 Å². The fourth-order valence-corrected chi connectivity index (χ4v) is 2.82. The molecule has 0 unspecified atom stereocenters. The number of aryl methyl sites for hydroxylation is 1. The number of aromatic nitrogens is 1. The molecule has 0 spiro atoms. The number of hydrogen-bond acceptors (Lipinski definition) is 2. The number of carbonyl (C=O) groups excluding carboxylic acids is 1. The van der Waals surface area contributed by atoms with Crippen molar-refractivity contribution in [2.24, 2.45) is 0 Å². The molecule has 1 amide bonds. The molecule has 132 valence electrons. The summed E-state index contributed by atoms with van der Waals surface area (Å²) in [5, 5.41) is 2.95. The molecule has 3 rings (SSSR count). The number of nitrogens with one attached hydrogen (secondary N) is 1. The number of nitrogens with zero attached hydrogens (tertiary/aromatic N) is 1. The third kappa shape index (κ3) is 3.99. The van der Waals surface area contributed by atoms with Gasteiger partial charge in [0, 0.05) is 23.0 Å². The Bertz CT molecular complexity index is 904. The fourth-order valence-electron chi connectivity index (χ4n) is 2.82. The molecule has 0 aliphatic carbocycles. The summed E-state index contributed by atoms with van der Waals surface area (Å²) in [4.78, 5) is 16.9. The van der Waals surface area contributed by atoms with Crippen LogP contribution in [0.4, 0.5) is 5.69 Å². The van der Waals surface area contributed by atoms with Gasteiger partial charge in [-0.25, -0.2) is 0 Å². The van der Waals surface area contributed by atoms with Crippen molar-refractivity contribution in [1.82, 2.24) is 4.98 Å². The maximum atomic E-state index is 12.5. The van der Waals surface area contributed by atoms with Gasteiger partial charge < -0.3 is 5.32 Å². The number of anilines is 1. The van der Waals surface area contributed by atoms with Gasteiger partial charge >= 0.3 is 0 Å². The summed E-state index contributed by atoms with van der Waals surface area (Å²) in [5.74, 6) is -0.113. The first-order valence-electron chi connectivity index (χ1n) is 8.78. The molecule has 1 N–H and O–H groups in total. The molecule has 0 radical (unpaired) electrons. The lowest BCUT2D eigenvalue weighted by Crippen LogP contribution is -2.13. The summed E-state index contributed by atoms with van der Waals surface area (Å²) in [6.45, 7) is 8.55.